The van der Waals surface area contributed by atoms with Gasteiger partial charge in [-0.2, -0.15) is 0 Å². The van der Waals surface area contributed by atoms with Gasteiger partial charge < -0.3 is 20.9 Å². The van der Waals surface area contributed by atoms with Crippen molar-refractivity contribution in [3.63, 3.8) is 0 Å². The van der Waals surface area contributed by atoms with Gasteiger partial charge in [0.2, 0.25) is 0 Å². The van der Waals surface area contributed by atoms with E-state index in [4.69, 9.17) is 10.5 Å². The van der Waals surface area contributed by atoms with Crippen molar-refractivity contribution in [1.82, 2.24) is 0 Å². The first-order chi connectivity index (χ1) is 8.86. The summed E-state index contributed by atoms with van der Waals surface area (Å²) >= 11 is 0. The van der Waals surface area contributed by atoms with Crippen LogP contribution in [0.25, 0.3) is 0 Å². The number of aliphatic hydroxyl groups is 1. The second-order valence-corrected chi connectivity index (χ2v) is 5.80. The maximum atomic E-state index is 9.18. The fourth-order valence-electron chi connectivity index (χ4n) is 2.01. The summed E-state index contributed by atoms with van der Waals surface area (Å²) in [6, 6.07) is 5.82. The predicted molar refractivity (Wildman–Crippen MR) is 80.6 cm³/mol. The number of hydrogen-bond donors (Lipinski definition) is 3. The van der Waals surface area contributed by atoms with Gasteiger partial charge in [0, 0.05) is 36.2 Å². The average molecular weight is 266 g/mol. The lowest BCUT2D eigenvalue weighted by Gasteiger charge is -2.32. The van der Waals surface area contributed by atoms with Gasteiger partial charge >= 0.3 is 0 Å². The lowest BCUT2D eigenvalue weighted by molar-refractivity contribution is 0.235. The largest absolute Gasteiger partial charge is 0.494 e. The van der Waals surface area contributed by atoms with Crippen LogP contribution in [-0.4, -0.2) is 24.4 Å². The van der Waals surface area contributed by atoms with E-state index in [1.165, 1.54) is 0 Å². The molecule has 1 aromatic rings. The second-order valence-electron chi connectivity index (χ2n) is 5.80. The monoisotopic (exact) mass is 266 g/mol. The standard InChI is InChI=1S/C15H26N2O2/c1-5-19-13-9-11(16)8-12(10-13)17-14(6-7-18)15(2,3)4/h8-10,14,17-18H,5-7,16H2,1-4H3. The van der Waals surface area contributed by atoms with Crippen molar-refractivity contribution < 1.29 is 9.84 Å². The molecule has 0 aliphatic heterocycles. The van der Waals surface area contributed by atoms with Crippen molar-refractivity contribution in [1.29, 1.82) is 0 Å². The highest BCUT2D eigenvalue weighted by Gasteiger charge is 2.24. The Labute approximate surface area is 116 Å². The lowest BCUT2D eigenvalue weighted by atomic mass is 9.85. The van der Waals surface area contributed by atoms with E-state index in [0.717, 1.165) is 11.4 Å². The normalized spacial score (nSPS) is 13.1. The maximum Gasteiger partial charge on any atom is 0.123 e. The molecule has 0 saturated heterocycles. The second kappa shape index (κ2) is 6.66. The quantitative estimate of drug-likeness (QED) is 0.693. The van der Waals surface area contributed by atoms with Crippen molar-refractivity contribution in [2.24, 2.45) is 5.41 Å². The molecule has 0 spiro atoms. The number of anilines is 2. The molecule has 1 unspecified atom stereocenters. The first-order valence-corrected chi connectivity index (χ1v) is 6.77. The minimum atomic E-state index is 0.0547. The van der Waals surface area contributed by atoms with Crippen LogP contribution in [0.15, 0.2) is 18.2 Å². The third kappa shape index (κ3) is 4.99. The summed E-state index contributed by atoms with van der Waals surface area (Å²) in [6.45, 7) is 9.17. The minimum absolute atomic E-state index is 0.0547. The molecule has 0 radical (unpaired) electrons. The smallest absolute Gasteiger partial charge is 0.123 e. The molecule has 0 aliphatic rings. The molecule has 19 heavy (non-hydrogen) atoms. The van der Waals surface area contributed by atoms with Crippen LogP contribution < -0.4 is 15.8 Å². The zero-order chi connectivity index (χ0) is 14.5. The Kier molecular flexibility index (Phi) is 5.48. The van der Waals surface area contributed by atoms with E-state index in [0.29, 0.717) is 18.7 Å². The van der Waals surface area contributed by atoms with Crippen LogP contribution in [0.5, 0.6) is 5.75 Å². The van der Waals surface area contributed by atoms with Gasteiger partial charge in [-0.25, -0.2) is 0 Å². The Morgan fingerprint density at radius 3 is 2.53 bits per heavy atom. The van der Waals surface area contributed by atoms with Crippen LogP contribution in [0.3, 0.4) is 0 Å². The van der Waals surface area contributed by atoms with Gasteiger partial charge in [-0.05, 0) is 24.8 Å². The van der Waals surface area contributed by atoms with Crippen LogP contribution in [0, 0.1) is 5.41 Å². The van der Waals surface area contributed by atoms with Crippen molar-refractivity contribution in [2.75, 3.05) is 24.3 Å². The van der Waals surface area contributed by atoms with E-state index in [2.05, 4.69) is 26.1 Å². The van der Waals surface area contributed by atoms with Crippen molar-refractivity contribution >= 4 is 11.4 Å². The van der Waals surface area contributed by atoms with E-state index >= 15 is 0 Å². The highest BCUT2D eigenvalue weighted by molar-refractivity contribution is 5.59. The minimum Gasteiger partial charge on any atom is -0.494 e. The molecule has 0 heterocycles. The molecule has 0 bridgehead atoms. The molecule has 0 amide bonds. The number of nitrogen functional groups attached to an aromatic ring is 1. The number of rotatable bonds is 6. The Bertz CT molecular complexity index is 400. The number of aliphatic hydroxyl groups excluding tert-OH is 1. The van der Waals surface area contributed by atoms with Gasteiger partial charge in [-0.1, -0.05) is 20.8 Å². The maximum absolute atomic E-state index is 9.18. The third-order valence-corrected chi connectivity index (χ3v) is 3.04. The first kappa shape index (κ1) is 15.6. The Hall–Kier alpha value is -1.42. The molecular formula is C15H26N2O2. The molecule has 0 aromatic heterocycles. The average Bonchev–Trinajstić information content (AvgIpc) is 2.27. The van der Waals surface area contributed by atoms with Gasteiger partial charge in [0.15, 0.2) is 0 Å². The molecule has 108 valence electrons. The van der Waals surface area contributed by atoms with Gasteiger partial charge in [0.1, 0.15) is 5.75 Å². The van der Waals surface area contributed by atoms with Crippen molar-refractivity contribution in [3.8, 4) is 5.75 Å². The van der Waals surface area contributed by atoms with Gasteiger partial charge in [-0.15, -0.1) is 0 Å². The number of nitrogens with one attached hydrogen (secondary N) is 1. The summed E-state index contributed by atoms with van der Waals surface area (Å²) in [6.07, 6.45) is 0.697. The van der Waals surface area contributed by atoms with Crippen LogP contribution in [0.4, 0.5) is 11.4 Å². The molecule has 1 rings (SSSR count). The topological polar surface area (TPSA) is 67.5 Å². The van der Waals surface area contributed by atoms with Crippen LogP contribution in [0.2, 0.25) is 0 Å². The summed E-state index contributed by atoms with van der Waals surface area (Å²) in [5.41, 5.74) is 7.53. The molecule has 1 aromatic carbocycles. The molecule has 4 N–H and O–H groups in total. The molecule has 4 heteroatoms. The van der Waals surface area contributed by atoms with E-state index in [1.54, 1.807) is 0 Å². The van der Waals surface area contributed by atoms with E-state index in [-0.39, 0.29) is 18.1 Å². The summed E-state index contributed by atoms with van der Waals surface area (Å²) in [7, 11) is 0. The van der Waals surface area contributed by atoms with Crippen LogP contribution >= 0.6 is 0 Å². The summed E-state index contributed by atoms with van der Waals surface area (Å²) in [4.78, 5) is 0. The van der Waals surface area contributed by atoms with Gasteiger partial charge in [0.25, 0.3) is 0 Å². The summed E-state index contributed by atoms with van der Waals surface area (Å²) in [5, 5.41) is 12.6. The first-order valence-electron chi connectivity index (χ1n) is 6.77. The molecule has 0 fully saturated rings. The van der Waals surface area contributed by atoms with Gasteiger partial charge in [-0.3, -0.25) is 0 Å². The highest BCUT2D eigenvalue weighted by Crippen LogP contribution is 2.28. The zero-order valence-electron chi connectivity index (χ0n) is 12.4. The number of benzene rings is 1. The third-order valence-electron chi connectivity index (χ3n) is 3.04. The Morgan fingerprint density at radius 1 is 1.32 bits per heavy atom. The fraction of sp³-hybridized carbons (Fsp3) is 0.600. The van der Waals surface area contributed by atoms with Crippen molar-refractivity contribution in [2.45, 2.75) is 40.2 Å². The Morgan fingerprint density at radius 2 is 2.00 bits per heavy atom. The number of ether oxygens (including phenoxy) is 1. The van der Waals surface area contributed by atoms with E-state index in [9.17, 15) is 5.11 Å². The molecule has 1 atom stereocenters. The lowest BCUT2D eigenvalue weighted by Crippen LogP contribution is -2.34. The predicted octanol–water partition coefficient (Wildman–Crippen LogP) is 2.88. The van der Waals surface area contributed by atoms with E-state index in [1.807, 2.05) is 25.1 Å². The molecular weight excluding hydrogens is 240 g/mol. The van der Waals surface area contributed by atoms with Crippen LogP contribution in [-0.2, 0) is 0 Å². The van der Waals surface area contributed by atoms with Crippen molar-refractivity contribution in [3.05, 3.63) is 18.2 Å². The number of nitrogens with two attached hydrogens (primary N) is 1. The van der Waals surface area contributed by atoms with Gasteiger partial charge in [0.05, 0.1) is 6.61 Å². The van der Waals surface area contributed by atoms with Crippen LogP contribution in [0.1, 0.15) is 34.1 Å². The fourth-order valence-corrected chi connectivity index (χ4v) is 2.01. The highest BCUT2D eigenvalue weighted by atomic mass is 16.5. The molecule has 4 nitrogen and oxygen atoms in total. The summed E-state index contributed by atoms with van der Waals surface area (Å²) in [5.74, 6) is 0.765. The number of hydrogen-bond acceptors (Lipinski definition) is 4. The Balaban J connectivity index is 2.89. The molecule has 0 saturated carbocycles. The zero-order valence-corrected chi connectivity index (χ0v) is 12.4. The SMILES string of the molecule is CCOc1cc(N)cc(NC(CCO)C(C)(C)C)c1. The molecule has 0 aliphatic carbocycles. The van der Waals surface area contributed by atoms with E-state index < -0.39 is 0 Å². The summed E-state index contributed by atoms with van der Waals surface area (Å²) < 4.78 is 5.49.